The molecule has 1 aromatic carbocycles. The van der Waals surface area contributed by atoms with Gasteiger partial charge in [-0.2, -0.15) is 0 Å². The third-order valence-corrected chi connectivity index (χ3v) is 4.66. The fraction of sp³-hybridized carbons (Fsp3) is 0.471. The van der Waals surface area contributed by atoms with E-state index in [2.05, 4.69) is 44.0 Å². The molecule has 2 aromatic rings. The first kappa shape index (κ1) is 16.0. The molecule has 0 fully saturated rings. The van der Waals surface area contributed by atoms with E-state index in [0.29, 0.717) is 6.61 Å². The van der Waals surface area contributed by atoms with Crippen LogP contribution in [0.5, 0.6) is 5.75 Å². The Kier molecular flexibility index (Phi) is 5.37. The minimum atomic E-state index is 0.0616. The van der Waals surface area contributed by atoms with Gasteiger partial charge in [-0.1, -0.05) is 13.0 Å². The Hall–Kier alpha value is -1.39. The van der Waals surface area contributed by atoms with E-state index in [1.807, 2.05) is 6.92 Å². The van der Waals surface area contributed by atoms with E-state index in [1.54, 1.807) is 11.3 Å². The van der Waals surface area contributed by atoms with E-state index >= 15 is 0 Å². The zero-order valence-electron chi connectivity index (χ0n) is 13.3. The zero-order valence-corrected chi connectivity index (χ0v) is 14.1. The molecule has 1 heterocycles. The van der Waals surface area contributed by atoms with Crippen LogP contribution in [0, 0.1) is 13.8 Å². The predicted octanol–water partition coefficient (Wildman–Crippen LogP) is 3.96. The van der Waals surface area contributed by atoms with Crippen molar-refractivity contribution < 1.29 is 4.74 Å². The molecular formula is C17H24N2OS. The number of nitrogens with zero attached hydrogens (tertiary/aromatic N) is 1. The summed E-state index contributed by atoms with van der Waals surface area (Å²) in [4.78, 5) is 5.88. The van der Waals surface area contributed by atoms with E-state index in [0.717, 1.165) is 29.3 Å². The molecular weight excluding hydrogens is 280 g/mol. The van der Waals surface area contributed by atoms with Crippen molar-refractivity contribution in [3.8, 4) is 5.75 Å². The molecule has 0 aliphatic heterocycles. The zero-order chi connectivity index (χ0) is 15.4. The topological polar surface area (TPSA) is 48.1 Å². The summed E-state index contributed by atoms with van der Waals surface area (Å²) in [7, 11) is 0. The molecule has 4 heteroatoms. The van der Waals surface area contributed by atoms with E-state index < -0.39 is 0 Å². The van der Waals surface area contributed by atoms with Crippen molar-refractivity contribution >= 4 is 11.3 Å². The Bertz CT molecular complexity index is 585. The first-order valence-electron chi connectivity index (χ1n) is 7.44. The molecule has 1 aromatic heterocycles. The van der Waals surface area contributed by atoms with Crippen LogP contribution < -0.4 is 10.5 Å². The van der Waals surface area contributed by atoms with Crippen molar-refractivity contribution in [2.45, 2.75) is 46.6 Å². The van der Waals surface area contributed by atoms with Gasteiger partial charge >= 0.3 is 0 Å². The van der Waals surface area contributed by atoms with Gasteiger partial charge in [-0.15, -0.1) is 11.3 Å². The molecule has 0 bridgehead atoms. The largest absolute Gasteiger partial charge is 0.493 e. The van der Waals surface area contributed by atoms with Gasteiger partial charge in [0.2, 0.25) is 0 Å². The van der Waals surface area contributed by atoms with Gasteiger partial charge in [-0.05, 0) is 50.5 Å². The summed E-state index contributed by atoms with van der Waals surface area (Å²) in [5.74, 6) is 0.937. The van der Waals surface area contributed by atoms with Crippen molar-refractivity contribution in [1.82, 2.24) is 4.98 Å². The fourth-order valence-corrected chi connectivity index (χ4v) is 3.49. The van der Waals surface area contributed by atoms with Crippen molar-refractivity contribution in [1.29, 1.82) is 0 Å². The van der Waals surface area contributed by atoms with Gasteiger partial charge in [-0.3, -0.25) is 0 Å². The first-order valence-corrected chi connectivity index (χ1v) is 8.26. The molecule has 21 heavy (non-hydrogen) atoms. The molecule has 0 saturated carbocycles. The lowest BCUT2D eigenvalue weighted by molar-refractivity contribution is 0.321. The normalized spacial score (nSPS) is 12.4. The molecule has 2 N–H and O–H groups in total. The van der Waals surface area contributed by atoms with Crippen molar-refractivity contribution in [2.75, 3.05) is 6.61 Å². The molecule has 0 spiro atoms. The summed E-state index contributed by atoms with van der Waals surface area (Å²) in [5, 5.41) is 1.11. The second-order valence-electron chi connectivity index (χ2n) is 5.48. The fourth-order valence-electron chi connectivity index (χ4n) is 2.40. The van der Waals surface area contributed by atoms with Crippen LogP contribution in [-0.2, 0) is 12.8 Å². The van der Waals surface area contributed by atoms with Crippen LogP contribution >= 0.6 is 11.3 Å². The Morgan fingerprint density at radius 3 is 2.43 bits per heavy atom. The summed E-state index contributed by atoms with van der Waals surface area (Å²) in [5.41, 5.74) is 9.59. The highest BCUT2D eigenvalue weighted by Gasteiger charge is 2.13. The molecule has 0 aliphatic rings. The van der Waals surface area contributed by atoms with Crippen molar-refractivity contribution in [3.05, 3.63) is 44.9 Å². The number of benzene rings is 1. The quantitative estimate of drug-likeness (QED) is 0.878. The van der Waals surface area contributed by atoms with E-state index in [4.69, 9.17) is 10.5 Å². The third kappa shape index (κ3) is 4.29. The lowest BCUT2D eigenvalue weighted by atomic mass is 10.1. The van der Waals surface area contributed by atoms with Crippen molar-refractivity contribution in [2.24, 2.45) is 5.73 Å². The number of rotatable bonds is 6. The molecule has 2 rings (SSSR count). The van der Waals surface area contributed by atoms with Gasteiger partial charge < -0.3 is 10.5 Å². The minimum absolute atomic E-state index is 0.0616. The maximum absolute atomic E-state index is 6.00. The number of aryl methyl sites for hydroxylation is 3. The second kappa shape index (κ2) is 7.05. The Balaban J connectivity index is 1.97. The van der Waals surface area contributed by atoms with E-state index in [1.165, 1.54) is 16.0 Å². The number of thiazole rings is 1. The van der Waals surface area contributed by atoms with Crippen LogP contribution in [0.3, 0.4) is 0 Å². The van der Waals surface area contributed by atoms with Crippen molar-refractivity contribution in [3.63, 3.8) is 0 Å². The van der Waals surface area contributed by atoms with Gasteiger partial charge in [0, 0.05) is 17.3 Å². The summed E-state index contributed by atoms with van der Waals surface area (Å²) < 4.78 is 5.85. The summed E-state index contributed by atoms with van der Waals surface area (Å²) in [6, 6.07) is 6.35. The maximum Gasteiger partial charge on any atom is 0.119 e. The lowest BCUT2D eigenvalue weighted by Crippen LogP contribution is -2.05. The lowest BCUT2D eigenvalue weighted by Gasteiger charge is -2.07. The third-order valence-electron chi connectivity index (χ3n) is 3.30. The summed E-state index contributed by atoms with van der Waals surface area (Å²) in [6.07, 6.45) is 1.77. The average Bonchev–Trinajstić information content (AvgIpc) is 2.81. The van der Waals surface area contributed by atoms with E-state index in [-0.39, 0.29) is 6.04 Å². The maximum atomic E-state index is 6.00. The van der Waals surface area contributed by atoms with Gasteiger partial charge in [0.1, 0.15) is 5.75 Å². The smallest absolute Gasteiger partial charge is 0.119 e. The average molecular weight is 304 g/mol. The SMILES string of the molecule is CCc1nc(CCOc2cc(C)cc(C)c2)sc1C(C)N. The Labute approximate surface area is 131 Å². The number of nitrogens with two attached hydrogens (primary N) is 1. The highest BCUT2D eigenvalue weighted by molar-refractivity contribution is 7.11. The van der Waals surface area contributed by atoms with Gasteiger partial charge in [-0.25, -0.2) is 4.98 Å². The summed E-state index contributed by atoms with van der Waals surface area (Å²) in [6.45, 7) is 8.96. The highest BCUT2D eigenvalue weighted by Crippen LogP contribution is 2.25. The van der Waals surface area contributed by atoms with Crippen LogP contribution in [0.25, 0.3) is 0 Å². The summed E-state index contributed by atoms with van der Waals surface area (Å²) >= 11 is 1.72. The molecule has 3 nitrogen and oxygen atoms in total. The molecule has 0 saturated heterocycles. The van der Waals surface area contributed by atoms with Crippen LogP contribution in [0.4, 0.5) is 0 Å². The van der Waals surface area contributed by atoms with Crippen LogP contribution in [0.1, 0.15) is 46.6 Å². The molecule has 114 valence electrons. The Morgan fingerprint density at radius 1 is 1.24 bits per heavy atom. The second-order valence-corrected chi connectivity index (χ2v) is 6.60. The minimum Gasteiger partial charge on any atom is -0.493 e. The molecule has 0 amide bonds. The molecule has 0 aliphatic carbocycles. The number of hydrogen-bond donors (Lipinski definition) is 1. The van der Waals surface area contributed by atoms with Gasteiger partial charge in [0.15, 0.2) is 0 Å². The predicted molar refractivity (Wildman–Crippen MR) is 89.2 cm³/mol. The number of hydrogen-bond acceptors (Lipinski definition) is 4. The van der Waals surface area contributed by atoms with Gasteiger partial charge in [0.25, 0.3) is 0 Å². The van der Waals surface area contributed by atoms with Gasteiger partial charge in [0.05, 0.1) is 17.3 Å². The first-order chi connectivity index (χ1) is 9.99. The van der Waals surface area contributed by atoms with Crippen LogP contribution in [0.2, 0.25) is 0 Å². The van der Waals surface area contributed by atoms with E-state index in [9.17, 15) is 0 Å². The van der Waals surface area contributed by atoms with Crippen LogP contribution in [-0.4, -0.2) is 11.6 Å². The monoisotopic (exact) mass is 304 g/mol. The molecule has 1 unspecified atom stereocenters. The molecule has 0 radical (unpaired) electrons. The Morgan fingerprint density at radius 2 is 1.90 bits per heavy atom. The number of aromatic nitrogens is 1. The molecule has 1 atom stereocenters. The van der Waals surface area contributed by atoms with Crippen LogP contribution in [0.15, 0.2) is 18.2 Å². The highest BCUT2D eigenvalue weighted by atomic mass is 32.1. The number of ether oxygens (including phenoxy) is 1. The standard InChI is InChI=1S/C17H24N2OS/c1-5-15-17(13(4)18)21-16(19-15)6-7-20-14-9-11(2)8-12(3)10-14/h8-10,13H,5-7,18H2,1-4H3.